The van der Waals surface area contributed by atoms with E-state index in [1.54, 1.807) is 12.1 Å². The number of piperidine rings is 1. The molecule has 1 fully saturated rings. The van der Waals surface area contributed by atoms with E-state index in [2.05, 4.69) is 21.2 Å². The average Bonchev–Trinajstić information content (AvgIpc) is 2.33. The summed E-state index contributed by atoms with van der Waals surface area (Å²) in [6, 6.07) is 5.40. The van der Waals surface area contributed by atoms with Gasteiger partial charge in [-0.3, -0.25) is 0 Å². The van der Waals surface area contributed by atoms with Gasteiger partial charge in [-0.05, 0) is 44.0 Å². The molecule has 1 aromatic rings. The summed E-state index contributed by atoms with van der Waals surface area (Å²) in [5.74, 6) is 0.0278. The molecule has 17 heavy (non-hydrogen) atoms. The van der Waals surface area contributed by atoms with Gasteiger partial charge in [0.15, 0.2) is 11.6 Å². The van der Waals surface area contributed by atoms with Crippen molar-refractivity contribution in [2.45, 2.75) is 31.7 Å². The predicted molar refractivity (Wildman–Crippen MR) is 69.9 cm³/mol. The van der Waals surface area contributed by atoms with Gasteiger partial charge in [0.1, 0.15) is 0 Å². The minimum atomic E-state index is -0.309. The van der Waals surface area contributed by atoms with Crippen LogP contribution in [0.5, 0.6) is 5.75 Å². The summed E-state index contributed by atoms with van der Waals surface area (Å²) in [7, 11) is 0. The third-order valence-corrected chi connectivity index (χ3v) is 3.52. The fourth-order valence-corrected chi connectivity index (χ4v) is 2.41. The Morgan fingerprint density at radius 1 is 1.41 bits per heavy atom. The highest BCUT2D eigenvalue weighted by Gasteiger charge is 2.12. The van der Waals surface area contributed by atoms with Crippen LogP contribution in [-0.2, 0) is 0 Å². The van der Waals surface area contributed by atoms with E-state index in [1.807, 2.05) is 0 Å². The number of hydrogen-bond acceptors (Lipinski definition) is 2. The fraction of sp³-hybridized carbons (Fsp3) is 0.538. The molecule has 0 bridgehead atoms. The van der Waals surface area contributed by atoms with Crippen LogP contribution >= 0.6 is 15.9 Å². The first-order chi connectivity index (χ1) is 8.25. The lowest BCUT2D eigenvalue weighted by Crippen LogP contribution is -2.35. The lowest BCUT2D eigenvalue weighted by molar-refractivity contribution is 0.259. The van der Waals surface area contributed by atoms with Gasteiger partial charge in [-0.25, -0.2) is 4.39 Å². The SMILES string of the molecule is Fc1cc(Br)ccc1OCC[C@@H]1CCCCN1. The van der Waals surface area contributed by atoms with Crippen LogP contribution in [-0.4, -0.2) is 19.2 Å². The summed E-state index contributed by atoms with van der Waals surface area (Å²) >= 11 is 3.22. The molecule has 0 aliphatic carbocycles. The van der Waals surface area contributed by atoms with E-state index in [9.17, 15) is 4.39 Å². The lowest BCUT2D eigenvalue weighted by Gasteiger charge is -2.23. The molecule has 0 aromatic heterocycles. The standard InChI is InChI=1S/C13H17BrFNO/c14-10-4-5-13(12(15)9-10)17-8-6-11-3-1-2-7-16-11/h4-5,9,11,16H,1-3,6-8H2/t11-/m0/s1. The summed E-state index contributed by atoms with van der Waals surface area (Å²) in [5, 5.41) is 3.45. The monoisotopic (exact) mass is 301 g/mol. The summed E-state index contributed by atoms with van der Waals surface area (Å²) in [5.41, 5.74) is 0. The van der Waals surface area contributed by atoms with Crippen molar-refractivity contribution >= 4 is 15.9 Å². The Morgan fingerprint density at radius 2 is 2.29 bits per heavy atom. The molecule has 1 N–H and O–H groups in total. The van der Waals surface area contributed by atoms with Crippen molar-refractivity contribution < 1.29 is 9.13 Å². The zero-order valence-corrected chi connectivity index (χ0v) is 11.3. The first kappa shape index (κ1) is 12.8. The van der Waals surface area contributed by atoms with Gasteiger partial charge in [-0.1, -0.05) is 22.4 Å². The van der Waals surface area contributed by atoms with Gasteiger partial charge in [-0.15, -0.1) is 0 Å². The van der Waals surface area contributed by atoms with Crippen LogP contribution in [0.15, 0.2) is 22.7 Å². The van der Waals surface area contributed by atoms with Crippen molar-refractivity contribution in [3.63, 3.8) is 0 Å². The van der Waals surface area contributed by atoms with Crippen molar-refractivity contribution in [1.82, 2.24) is 5.32 Å². The molecule has 2 rings (SSSR count). The second-order valence-electron chi connectivity index (χ2n) is 4.36. The van der Waals surface area contributed by atoms with Gasteiger partial charge in [0.2, 0.25) is 0 Å². The number of rotatable bonds is 4. The maximum atomic E-state index is 13.4. The van der Waals surface area contributed by atoms with Crippen LogP contribution in [0.3, 0.4) is 0 Å². The topological polar surface area (TPSA) is 21.3 Å². The molecule has 1 atom stereocenters. The van der Waals surface area contributed by atoms with Crippen LogP contribution in [0.2, 0.25) is 0 Å². The van der Waals surface area contributed by atoms with E-state index < -0.39 is 0 Å². The third kappa shape index (κ3) is 3.96. The van der Waals surface area contributed by atoms with Crippen molar-refractivity contribution in [3.8, 4) is 5.75 Å². The van der Waals surface area contributed by atoms with Gasteiger partial charge < -0.3 is 10.1 Å². The molecule has 4 heteroatoms. The molecule has 1 aliphatic heterocycles. The van der Waals surface area contributed by atoms with E-state index in [4.69, 9.17) is 4.74 Å². The van der Waals surface area contributed by atoms with Crippen LogP contribution in [0, 0.1) is 5.82 Å². The Morgan fingerprint density at radius 3 is 3.00 bits per heavy atom. The van der Waals surface area contributed by atoms with E-state index in [1.165, 1.54) is 25.3 Å². The minimum Gasteiger partial charge on any atom is -0.490 e. The Kier molecular flexibility index (Phi) is 4.80. The maximum Gasteiger partial charge on any atom is 0.166 e. The smallest absolute Gasteiger partial charge is 0.166 e. The zero-order chi connectivity index (χ0) is 12.1. The summed E-state index contributed by atoms with van der Waals surface area (Å²) < 4.78 is 19.6. The molecule has 0 saturated carbocycles. The molecule has 0 unspecified atom stereocenters. The predicted octanol–water partition coefficient (Wildman–Crippen LogP) is 3.50. The lowest BCUT2D eigenvalue weighted by atomic mass is 10.0. The molecule has 0 spiro atoms. The number of ether oxygens (including phenoxy) is 1. The van der Waals surface area contributed by atoms with Gasteiger partial charge >= 0.3 is 0 Å². The first-order valence-electron chi connectivity index (χ1n) is 6.07. The molecule has 94 valence electrons. The minimum absolute atomic E-state index is 0.309. The summed E-state index contributed by atoms with van der Waals surface area (Å²) in [4.78, 5) is 0. The van der Waals surface area contributed by atoms with Crippen molar-refractivity contribution in [2.75, 3.05) is 13.2 Å². The van der Waals surface area contributed by atoms with Gasteiger partial charge in [0.25, 0.3) is 0 Å². The number of halogens is 2. The average molecular weight is 302 g/mol. The van der Waals surface area contributed by atoms with Crippen molar-refractivity contribution in [3.05, 3.63) is 28.5 Å². The maximum absolute atomic E-state index is 13.4. The van der Waals surface area contributed by atoms with Crippen LogP contribution < -0.4 is 10.1 Å². The first-order valence-corrected chi connectivity index (χ1v) is 6.86. The largest absolute Gasteiger partial charge is 0.490 e. The Bertz CT molecular complexity index is 366. The molecule has 1 heterocycles. The molecule has 1 aliphatic rings. The highest BCUT2D eigenvalue weighted by Crippen LogP contribution is 2.21. The second-order valence-corrected chi connectivity index (χ2v) is 5.27. The molecule has 0 radical (unpaired) electrons. The van der Waals surface area contributed by atoms with Crippen LogP contribution in [0.1, 0.15) is 25.7 Å². The van der Waals surface area contributed by atoms with Crippen LogP contribution in [0.4, 0.5) is 4.39 Å². The van der Waals surface area contributed by atoms with E-state index in [0.717, 1.165) is 17.4 Å². The highest BCUT2D eigenvalue weighted by atomic mass is 79.9. The molecule has 1 saturated heterocycles. The number of hydrogen-bond donors (Lipinski definition) is 1. The Balaban J connectivity index is 1.77. The van der Waals surface area contributed by atoms with E-state index >= 15 is 0 Å². The number of benzene rings is 1. The van der Waals surface area contributed by atoms with Crippen LogP contribution in [0.25, 0.3) is 0 Å². The Hall–Kier alpha value is -0.610. The fourth-order valence-electron chi connectivity index (χ4n) is 2.07. The van der Waals surface area contributed by atoms with Gasteiger partial charge in [0.05, 0.1) is 6.61 Å². The third-order valence-electron chi connectivity index (χ3n) is 3.03. The summed E-state index contributed by atoms with van der Waals surface area (Å²) in [6.07, 6.45) is 4.69. The summed E-state index contributed by atoms with van der Waals surface area (Å²) in [6.45, 7) is 1.66. The molecule has 0 amide bonds. The molecular weight excluding hydrogens is 285 g/mol. The van der Waals surface area contributed by atoms with E-state index in [0.29, 0.717) is 18.4 Å². The van der Waals surface area contributed by atoms with Gasteiger partial charge in [0, 0.05) is 10.5 Å². The highest BCUT2D eigenvalue weighted by molar-refractivity contribution is 9.10. The van der Waals surface area contributed by atoms with Gasteiger partial charge in [-0.2, -0.15) is 0 Å². The molecule has 1 aromatic carbocycles. The molecular formula is C13H17BrFNO. The Labute approximate surface area is 110 Å². The second kappa shape index (κ2) is 6.36. The number of nitrogens with one attached hydrogen (secondary N) is 1. The molecule has 2 nitrogen and oxygen atoms in total. The van der Waals surface area contributed by atoms with Crippen molar-refractivity contribution in [1.29, 1.82) is 0 Å². The normalized spacial score (nSPS) is 20.2. The zero-order valence-electron chi connectivity index (χ0n) is 9.72. The van der Waals surface area contributed by atoms with E-state index in [-0.39, 0.29) is 5.82 Å². The quantitative estimate of drug-likeness (QED) is 0.919. The van der Waals surface area contributed by atoms with Crippen molar-refractivity contribution in [2.24, 2.45) is 0 Å².